The molecule has 0 bridgehead atoms. The van der Waals surface area contributed by atoms with Gasteiger partial charge in [-0.1, -0.05) is 28.1 Å². The number of benzene rings is 2. The Bertz CT molecular complexity index is 716. The molecule has 2 aromatic carbocycles. The first-order valence-corrected chi connectivity index (χ1v) is 9.96. The average Bonchev–Trinajstić information content (AvgIpc) is 2.41. The Morgan fingerprint density at radius 1 is 1.00 bits per heavy atom. The van der Waals surface area contributed by atoms with Crippen LogP contribution < -0.4 is 4.74 Å². The van der Waals surface area contributed by atoms with Crippen molar-refractivity contribution in [2.24, 2.45) is 0 Å². The van der Waals surface area contributed by atoms with Crippen LogP contribution in [0.5, 0.6) is 5.75 Å². The summed E-state index contributed by atoms with van der Waals surface area (Å²) in [6.07, 6.45) is 2.16. The first-order valence-electron chi connectivity index (χ1n) is 6.68. The fraction of sp³-hybridized carbons (Fsp3) is 0.333. The van der Waals surface area contributed by atoms with E-state index in [-0.39, 0.29) is 5.75 Å². The lowest BCUT2D eigenvalue weighted by atomic mass is 10.1. The van der Waals surface area contributed by atoms with E-state index in [0.717, 1.165) is 33.8 Å². The molecule has 21 heavy (non-hydrogen) atoms. The molecule has 0 saturated carbocycles. The van der Waals surface area contributed by atoms with Gasteiger partial charge in [-0.3, -0.25) is 0 Å². The van der Waals surface area contributed by atoms with Gasteiger partial charge in [-0.15, -0.1) is 0 Å². The average molecular weight is 392 g/mol. The van der Waals surface area contributed by atoms with Gasteiger partial charge in [-0.2, -0.15) is 0 Å². The number of ether oxygens (including phenoxy) is 1. The van der Waals surface area contributed by atoms with Gasteiger partial charge in [0.15, 0.2) is 0 Å². The standard InChI is InChI=1S/C15H16BrClO3S/c16-14-6-4-13-11-15(7-5-12(13)10-14)20-8-2-1-3-9-21(17,18)19/h4-7,10-11H,1-3,8-9H2. The lowest BCUT2D eigenvalue weighted by molar-refractivity contribution is 0.307. The van der Waals surface area contributed by atoms with E-state index in [1.54, 1.807) is 0 Å². The van der Waals surface area contributed by atoms with Crippen LogP contribution in [0.4, 0.5) is 0 Å². The summed E-state index contributed by atoms with van der Waals surface area (Å²) in [4.78, 5) is 0. The molecule has 0 heterocycles. The van der Waals surface area contributed by atoms with Crippen molar-refractivity contribution in [3.05, 3.63) is 40.9 Å². The van der Waals surface area contributed by atoms with E-state index < -0.39 is 9.05 Å². The molecule has 0 saturated heterocycles. The zero-order chi connectivity index (χ0) is 15.3. The minimum Gasteiger partial charge on any atom is -0.494 e. The number of hydrogen-bond acceptors (Lipinski definition) is 3. The molecule has 0 aromatic heterocycles. The van der Waals surface area contributed by atoms with Crippen molar-refractivity contribution in [1.29, 1.82) is 0 Å². The van der Waals surface area contributed by atoms with Gasteiger partial charge < -0.3 is 4.74 Å². The van der Waals surface area contributed by atoms with Crippen LogP contribution in [-0.4, -0.2) is 20.8 Å². The lowest BCUT2D eigenvalue weighted by Gasteiger charge is -2.07. The van der Waals surface area contributed by atoms with E-state index in [2.05, 4.69) is 22.0 Å². The van der Waals surface area contributed by atoms with Crippen molar-refractivity contribution in [2.45, 2.75) is 19.3 Å². The molecule has 114 valence electrons. The van der Waals surface area contributed by atoms with Crippen molar-refractivity contribution in [2.75, 3.05) is 12.4 Å². The molecule has 0 amide bonds. The van der Waals surface area contributed by atoms with Crippen LogP contribution in [0, 0.1) is 0 Å². The van der Waals surface area contributed by atoms with E-state index in [1.807, 2.05) is 30.3 Å². The van der Waals surface area contributed by atoms with Crippen molar-refractivity contribution < 1.29 is 13.2 Å². The van der Waals surface area contributed by atoms with Crippen molar-refractivity contribution >= 4 is 46.4 Å². The molecule has 3 nitrogen and oxygen atoms in total. The highest BCUT2D eigenvalue weighted by atomic mass is 79.9. The fourth-order valence-corrected chi connectivity index (χ4v) is 3.28. The summed E-state index contributed by atoms with van der Waals surface area (Å²) in [6, 6.07) is 12.1. The summed E-state index contributed by atoms with van der Waals surface area (Å²) in [5, 5.41) is 2.29. The van der Waals surface area contributed by atoms with Gasteiger partial charge in [0.1, 0.15) is 5.75 Å². The molecule has 6 heteroatoms. The number of fused-ring (bicyclic) bond motifs is 1. The second-order valence-electron chi connectivity index (χ2n) is 4.81. The van der Waals surface area contributed by atoms with Gasteiger partial charge in [0.2, 0.25) is 9.05 Å². The molecule has 0 N–H and O–H groups in total. The molecule has 0 radical (unpaired) electrons. The maximum absolute atomic E-state index is 10.8. The van der Waals surface area contributed by atoms with Crippen LogP contribution >= 0.6 is 26.6 Å². The van der Waals surface area contributed by atoms with E-state index >= 15 is 0 Å². The molecule has 0 aliphatic carbocycles. The predicted octanol–water partition coefficient (Wildman–Crippen LogP) is 4.72. The van der Waals surface area contributed by atoms with Crippen LogP contribution in [0.3, 0.4) is 0 Å². The van der Waals surface area contributed by atoms with Crippen molar-refractivity contribution in [1.82, 2.24) is 0 Å². The van der Waals surface area contributed by atoms with Crippen LogP contribution in [0.1, 0.15) is 19.3 Å². The molecule has 2 aromatic rings. The summed E-state index contributed by atoms with van der Waals surface area (Å²) in [7, 11) is 1.78. The van der Waals surface area contributed by atoms with E-state index in [1.165, 1.54) is 0 Å². The Labute approximate surface area is 137 Å². The van der Waals surface area contributed by atoms with E-state index in [9.17, 15) is 8.42 Å². The van der Waals surface area contributed by atoms with E-state index in [0.29, 0.717) is 13.0 Å². The highest BCUT2D eigenvalue weighted by molar-refractivity contribution is 9.10. The molecule has 0 fully saturated rings. The summed E-state index contributed by atoms with van der Waals surface area (Å²) in [6.45, 7) is 0.574. The zero-order valence-electron chi connectivity index (χ0n) is 11.4. The largest absolute Gasteiger partial charge is 0.494 e. The maximum Gasteiger partial charge on any atom is 0.232 e. The number of unbranched alkanes of at least 4 members (excludes halogenated alkanes) is 2. The first kappa shape index (κ1) is 16.6. The number of hydrogen-bond donors (Lipinski definition) is 0. The molecule has 0 aliphatic rings. The SMILES string of the molecule is O=S(=O)(Cl)CCCCCOc1ccc2cc(Br)ccc2c1. The quantitative estimate of drug-likeness (QED) is 0.506. The third-order valence-corrected chi connectivity index (χ3v) is 4.81. The Hall–Kier alpha value is -0.780. The second kappa shape index (κ2) is 7.47. The zero-order valence-corrected chi connectivity index (χ0v) is 14.5. The Kier molecular flexibility index (Phi) is 5.90. The minimum atomic E-state index is -3.36. The van der Waals surface area contributed by atoms with Crippen LogP contribution in [0.2, 0.25) is 0 Å². The lowest BCUT2D eigenvalue weighted by Crippen LogP contribution is -2.00. The van der Waals surface area contributed by atoms with Crippen molar-refractivity contribution in [3.8, 4) is 5.75 Å². The van der Waals surface area contributed by atoms with Gasteiger partial charge in [0, 0.05) is 15.2 Å². The number of halogens is 2. The first-order chi connectivity index (χ1) is 9.94. The monoisotopic (exact) mass is 390 g/mol. The van der Waals surface area contributed by atoms with Gasteiger partial charge in [-0.25, -0.2) is 8.42 Å². The highest BCUT2D eigenvalue weighted by Crippen LogP contribution is 2.24. The van der Waals surface area contributed by atoms with E-state index in [4.69, 9.17) is 15.4 Å². The second-order valence-corrected chi connectivity index (χ2v) is 8.62. The smallest absolute Gasteiger partial charge is 0.232 e. The van der Waals surface area contributed by atoms with Crippen LogP contribution in [0.25, 0.3) is 10.8 Å². The van der Waals surface area contributed by atoms with Gasteiger partial charge in [0.25, 0.3) is 0 Å². The molecule has 0 unspecified atom stereocenters. The maximum atomic E-state index is 10.8. The molecule has 0 spiro atoms. The Balaban J connectivity index is 1.80. The van der Waals surface area contributed by atoms with Gasteiger partial charge in [0.05, 0.1) is 12.4 Å². The fourth-order valence-electron chi connectivity index (χ4n) is 2.03. The minimum absolute atomic E-state index is 0.0272. The third kappa shape index (κ3) is 5.85. The summed E-state index contributed by atoms with van der Waals surface area (Å²) in [5.41, 5.74) is 0. The van der Waals surface area contributed by atoms with Gasteiger partial charge in [-0.05, 0) is 54.3 Å². The molecular formula is C15H16BrClO3S. The number of rotatable bonds is 7. The topological polar surface area (TPSA) is 43.4 Å². The summed E-state index contributed by atoms with van der Waals surface area (Å²) in [5.74, 6) is 0.856. The molecule has 2 rings (SSSR count). The highest BCUT2D eigenvalue weighted by Gasteiger charge is 2.04. The summed E-state index contributed by atoms with van der Waals surface area (Å²) >= 11 is 3.45. The predicted molar refractivity (Wildman–Crippen MR) is 90.6 cm³/mol. The molecule has 0 atom stereocenters. The van der Waals surface area contributed by atoms with Crippen molar-refractivity contribution in [3.63, 3.8) is 0 Å². The van der Waals surface area contributed by atoms with Crippen LogP contribution in [0.15, 0.2) is 40.9 Å². The Morgan fingerprint density at radius 3 is 2.48 bits per heavy atom. The van der Waals surface area contributed by atoms with Crippen LogP contribution in [-0.2, 0) is 9.05 Å². The molecular weight excluding hydrogens is 376 g/mol. The third-order valence-electron chi connectivity index (χ3n) is 3.07. The molecule has 0 aliphatic heterocycles. The van der Waals surface area contributed by atoms with Gasteiger partial charge >= 0.3 is 0 Å². The normalized spacial score (nSPS) is 11.7. The summed E-state index contributed by atoms with van der Waals surface area (Å²) < 4.78 is 28.3. The Morgan fingerprint density at radius 2 is 1.71 bits per heavy atom.